The highest BCUT2D eigenvalue weighted by Crippen LogP contribution is 2.34. The van der Waals surface area contributed by atoms with Gasteiger partial charge in [0, 0.05) is 7.11 Å². The van der Waals surface area contributed by atoms with Crippen molar-refractivity contribution in [1.29, 1.82) is 0 Å². The van der Waals surface area contributed by atoms with Crippen molar-refractivity contribution >= 4 is 11.8 Å². The van der Waals surface area contributed by atoms with Crippen LogP contribution in [0.4, 0.5) is 0 Å². The monoisotopic (exact) mass is 413 g/mol. The third-order valence-corrected chi connectivity index (χ3v) is 5.46. The van der Waals surface area contributed by atoms with Crippen LogP contribution in [-0.4, -0.2) is 71.3 Å². The summed E-state index contributed by atoms with van der Waals surface area (Å²) in [6.45, 7) is -0.335. The third-order valence-electron chi connectivity index (χ3n) is 5.46. The summed E-state index contributed by atoms with van der Waals surface area (Å²) in [5.74, 6) is -1.01. The summed E-state index contributed by atoms with van der Waals surface area (Å²) in [7, 11) is 1.37. The second-order valence-electron chi connectivity index (χ2n) is 7.23. The van der Waals surface area contributed by atoms with Gasteiger partial charge in [0.25, 0.3) is 11.8 Å². The molecule has 2 amide bonds. The van der Waals surface area contributed by atoms with Crippen molar-refractivity contribution in [2.45, 2.75) is 37.3 Å². The fourth-order valence-corrected chi connectivity index (χ4v) is 3.96. The van der Waals surface area contributed by atoms with E-state index in [4.69, 9.17) is 14.2 Å². The fourth-order valence-electron chi connectivity index (χ4n) is 3.96. The molecule has 8 heteroatoms. The van der Waals surface area contributed by atoms with Gasteiger partial charge in [0.15, 0.2) is 6.29 Å². The van der Waals surface area contributed by atoms with Gasteiger partial charge in [-0.2, -0.15) is 0 Å². The molecule has 0 spiro atoms. The van der Waals surface area contributed by atoms with Crippen LogP contribution in [0.3, 0.4) is 0 Å². The van der Waals surface area contributed by atoms with E-state index in [0.717, 1.165) is 10.5 Å². The molecule has 2 aliphatic rings. The summed E-state index contributed by atoms with van der Waals surface area (Å²) >= 11 is 0. The first-order valence-corrected chi connectivity index (χ1v) is 9.66. The molecule has 5 atom stereocenters. The number of aliphatic hydroxyl groups excluding tert-OH is 2. The normalized spacial score (nSPS) is 28.6. The van der Waals surface area contributed by atoms with Gasteiger partial charge in [-0.15, -0.1) is 0 Å². The summed E-state index contributed by atoms with van der Waals surface area (Å²) in [5, 5.41) is 20.5. The summed E-state index contributed by atoms with van der Waals surface area (Å²) in [5.41, 5.74) is 1.41. The number of hydrogen-bond donors (Lipinski definition) is 2. The van der Waals surface area contributed by atoms with Crippen LogP contribution in [0.15, 0.2) is 54.6 Å². The standard InChI is InChI=1S/C22H23NO7/c1-28-22-17(23-20(26)14-9-5-6-10-15(14)21(23)27)19(18(25)16(11-24)30-22)29-12-13-7-3-2-4-8-13/h2-10,16-19,22,24-25H,11-12H2,1H3/t16-,17+,18-,19-,22-/m0/s1. The van der Waals surface area contributed by atoms with Crippen LogP contribution in [0, 0.1) is 0 Å². The Morgan fingerprint density at radius 2 is 1.60 bits per heavy atom. The Bertz CT molecular complexity index is 884. The molecule has 2 heterocycles. The Kier molecular flexibility index (Phi) is 5.94. The number of rotatable bonds is 6. The summed E-state index contributed by atoms with van der Waals surface area (Å²) in [4.78, 5) is 27.1. The van der Waals surface area contributed by atoms with E-state index in [2.05, 4.69) is 0 Å². The summed E-state index contributed by atoms with van der Waals surface area (Å²) < 4.78 is 17.1. The molecule has 30 heavy (non-hydrogen) atoms. The molecule has 0 aliphatic carbocycles. The van der Waals surface area contributed by atoms with Crippen molar-refractivity contribution < 1.29 is 34.0 Å². The van der Waals surface area contributed by atoms with Gasteiger partial charge in [-0.1, -0.05) is 42.5 Å². The van der Waals surface area contributed by atoms with E-state index in [1.165, 1.54) is 7.11 Å². The van der Waals surface area contributed by atoms with E-state index in [0.29, 0.717) is 0 Å². The molecule has 1 saturated heterocycles. The van der Waals surface area contributed by atoms with E-state index in [-0.39, 0.29) is 17.7 Å². The van der Waals surface area contributed by atoms with Crippen molar-refractivity contribution in [3.8, 4) is 0 Å². The largest absolute Gasteiger partial charge is 0.394 e. The number of hydrogen-bond acceptors (Lipinski definition) is 7. The van der Waals surface area contributed by atoms with E-state index in [9.17, 15) is 19.8 Å². The topological polar surface area (TPSA) is 106 Å². The first kappa shape index (κ1) is 20.6. The molecule has 0 radical (unpaired) electrons. The highest BCUT2D eigenvalue weighted by Gasteiger charge is 2.54. The number of methoxy groups -OCH3 is 1. The third kappa shape index (κ3) is 3.53. The van der Waals surface area contributed by atoms with Crippen LogP contribution >= 0.6 is 0 Å². The van der Waals surface area contributed by atoms with E-state index >= 15 is 0 Å². The van der Waals surface area contributed by atoms with Crippen molar-refractivity contribution in [3.05, 3.63) is 71.3 Å². The minimum absolute atomic E-state index is 0.136. The van der Waals surface area contributed by atoms with Gasteiger partial charge in [0.05, 0.1) is 24.3 Å². The Balaban J connectivity index is 1.68. The molecule has 8 nitrogen and oxygen atoms in total. The van der Waals surface area contributed by atoms with E-state index in [1.54, 1.807) is 24.3 Å². The number of benzene rings is 2. The smallest absolute Gasteiger partial charge is 0.262 e. The molecule has 2 aliphatic heterocycles. The SMILES string of the molecule is CO[C@H]1O[C@@H](CO)[C@H](O)[C@@H](OCc2ccccc2)[C@H]1N1C(=O)c2ccccc2C1=O. The van der Waals surface area contributed by atoms with Crippen molar-refractivity contribution in [2.75, 3.05) is 13.7 Å². The molecular weight excluding hydrogens is 390 g/mol. The molecule has 0 aromatic heterocycles. The number of nitrogens with zero attached hydrogens (tertiary/aromatic N) is 1. The molecule has 4 rings (SSSR count). The number of ether oxygens (including phenoxy) is 3. The highest BCUT2D eigenvalue weighted by atomic mass is 16.7. The Morgan fingerprint density at radius 1 is 1.00 bits per heavy atom. The maximum absolute atomic E-state index is 13.1. The van der Waals surface area contributed by atoms with Gasteiger partial charge in [-0.25, -0.2) is 0 Å². The maximum Gasteiger partial charge on any atom is 0.262 e. The van der Waals surface area contributed by atoms with Gasteiger partial charge >= 0.3 is 0 Å². The zero-order chi connectivity index (χ0) is 21.3. The lowest BCUT2D eigenvalue weighted by atomic mass is 9.95. The van der Waals surface area contributed by atoms with Crippen LogP contribution in [0.2, 0.25) is 0 Å². The maximum atomic E-state index is 13.1. The molecule has 2 aromatic rings. The van der Waals surface area contributed by atoms with Crippen LogP contribution in [-0.2, 0) is 20.8 Å². The quantitative estimate of drug-likeness (QED) is 0.680. The molecule has 0 unspecified atom stereocenters. The number of imide groups is 1. The Hall–Kier alpha value is -2.62. The molecule has 2 N–H and O–H groups in total. The van der Waals surface area contributed by atoms with Crippen LogP contribution in [0.25, 0.3) is 0 Å². The van der Waals surface area contributed by atoms with Crippen molar-refractivity contribution in [3.63, 3.8) is 0 Å². The molecule has 2 aromatic carbocycles. The second-order valence-corrected chi connectivity index (χ2v) is 7.23. The van der Waals surface area contributed by atoms with Crippen LogP contribution in [0.1, 0.15) is 26.3 Å². The predicted octanol–water partition coefficient (Wildman–Crippen LogP) is 0.961. The highest BCUT2D eigenvalue weighted by molar-refractivity contribution is 6.21. The average Bonchev–Trinajstić information content (AvgIpc) is 3.03. The second kappa shape index (κ2) is 8.63. The van der Waals surface area contributed by atoms with Gasteiger partial charge in [-0.3, -0.25) is 14.5 Å². The number of carbonyl (C=O) groups is 2. The number of amides is 2. The Labute approximate surface area is 173 Å². The lowest BCUT2D eigenvalue weighted by molar-refractivity contribution is -0.281. The zero-order valence-electron chi connectivity index (χ0n) is 16.4. The lowest BCUT2D eigenvalue weighted by Crippen LogP contribution is -2.66. The van der Waals surface area contributed by atoms with Crippen LogP contribution in [0.5, 0.6) is 0 Å². The van der Waals surface area contributed by atoms with Gasteiger partial charge in [0.2, 0.25) is 0 Å². The molecule has 1 fully saturated rings. The van der Waals surface area contributed by atoms with Crippen molar-refractivity contribution in [2.24, 2.45) is 0 Å². The molecular formula is C22H23NO7. The fraction of sp³-hybridized carbons (Fsp3) is 0.364. The van der Waals surface area contributed by atoms with Crippen LogP contribution < -0.4 is 0 Å². The minimum atomic E-state index is -1.28. The number of aliphatic hydroxyl groups is 2. The van der Waals surface area contributed by atoms with E-state index in [1.807, 2.05) is 30.3 Å². The molecule has 0 bridgehead atoms. The molecule has 158 valence electrons. The number of fused-ring (bicyclic) bond motifs is 1. The van der Waals surface area contributed by atoms with E-state index < -0.39 is 49.1 Å². The predicted molar refractivity (Wildman–Crippen MR) is 105 cm³/mol. The van der Waals surface area contributed by atoms with Gasteiger partial charge < -0.3 is 24.4 Å². The lowest BCUT2D eigenvalue weighted by Gasteiger charge is -2.46. The average molecular weight is 413 g/mol. The summed E-state index contributed by atoms with van der Waals surface area (Å²) in [6.07, 6.45) is -4.36. The first-order chi connectivity index (χ1) is 14.6. The summed E-state index contributed by atoms with van der Waals surface area (Å²) in [6, 6.07) is 14.8. The van der Waals surface area contributed by atoms with Gasteiger partial charge in [0.1, 0.15) is 24.4 Å². The first-order valence-electron chi connectivity index (χ1n) is 9.66. The minimum Gasteiger partial charge on any atom is -0.394 e. The molecule has 0 saturated carbocycles. The van der Waals surface area contributed by atoms with Crippen molar-refractivity contribution in [1.82, 2.24) is 4.90 Å². The van der Waals surface area contributed by atoms with Gasteiger partial charge in [-0.05, 0) is 17.7 Å². The Morgan fingerprint density at radius 3 is 2.17 bits per heavy atom. The number of carbonyl (C=O) groups excluding carboxylic acids is 2. The zero-order valence-corrected chi connectivity index (χ0v) is 16.4.